The summed E-state index contributed by atoms with van der Waals surface area (Å²) in [6.07, 6.45) is -3.06. The van der Waals surface area contributed by atoms with Gasteiger partial charge >= 0.3 is 6.18 Å². The highest BCUT2D eigenvalue weighted by Crippen LogP contribution is 2.21. The predicted octanol–water partition coefficient (Wildman–Crippen LogP) is 2.03. The van der Waals surface area contributed by atoms with Crippen LogP contribution in [-0.4, -0.2) is 43.2 Å². The zero-order valence-electron chi connectivity index (χ0n) is 10.9. The molecule has 1 aliphatic rings. The lowest BCUT2D eigenvalue weighted by molar-refractivity contribution is -0.165. The quantitative estimate of drug-likeness (QED) is 0.844. The van der Waals surface area contributed by atoms with Gasteiger partial charge in [0, 0.05) is 12.5 Å². The van der Waals surface area contributed by atoms with Gasteiger partial charge in [0.1, 0.15) is 6.54 Å². The van der Waals surface area contributed by atoms with E-state index in [0.29, 0.717) is 25.9 Å². The van der Waals surface area contributed by atoms with Crippen LogP contribution in [0.2, 0.25) is 0 Å². The van der Waals surface area contributed by atoms with Crippen molar-refractivity contribution >= 4 is 5.91 Å². The second-order valence-electron chi connectivity index (χ2n) is 5.25. The lowest BCUT2D eigenvalue weighted by Gasteiger charge is -2.31. The summed E-state index contributed by atoms with van der Waals surface area (Å²) in [4.78, 5) is 13.1. The van der Waals surface area contributed by atoms with E-state index in [2.05, 4.69) is 5.32 Å². The van der Waals surface area contributed by atoms with Gasteiger partial charge in [0.05, 0.1) is 0 Å². The molecular weight excluding hydrogens is 245 g/mol. The van der Waals surface area contributed by atoms with E-state index >= 15 is 0 Å². The predicted molar refractivity (Wildman–Crippen MR) is 63.1 cm³/mol. The van der Waals surface area contributed by atoms with Gasteiger partial charge in [-0.3, -0.25) is 4.79 Å². The smallest absolute Gasteiger partial charge is 0.333 e. The zero-order chi connectivity index (χ0) is 13.8. The number of carbonyl (C=O) groups is 1. The van der Waals surface area contributed by atoms with Crippen molar-refractivity contribution in [3.8, 4) is 0 Å². The number of alkyl halides is 3. The Hall–Kier alpha value is -0.780. The van der Waals surface area contributed by atoms with Crippen molar-refractivity contribution in [3.63, 3.8) is 0 Å². The number of halogens is 3. The number of piperidine rings is 1. The van der Waals surface area contributed by atoms with Crippen molar-refractivity contribution in [2.75, 3.05) is 26.2 Å². The molecule has 1 heterocycles. The Morgan fingerprint density at radius 2 is 1.89 bits per heavy atom. The van der Waals surface area contributed by atoms with E-state index in [-0.39, 0.29) is 24.3 Å². The Bertz CT molecular complexity index is 273. The third-order valence-electron chi connectivity index (χ3n) is 2.96. The van der Waals surface area contributed by atoms with Crippen molar-refractivity contribution in [1.29, 1.82) is 0 Å². The number of carbonyl (C=O) groups excluding carboxylic acids is 1. The molecule has 0 aromatic carbocycles. The van der Waals surface area contributed by atoms with Gasteiger partial charge in [-0.25, -0.2) is 0 Å². The molecule has 0 atom stereocenters. The molecule has 0 unspecified atom stereocenters. The van der Waals surface area contributed by atoms with Crippen LogP contribution < -0.4 is 5.32 Å². The van der Waals surface area contributed by atoms with Crippen molar-refractivity contribution in [2.24, 2.45) is 11.8 Å². The fourth-order valence-corrected chi connectivity index (χ4v) is 2.22. The summed E-state index contributed by atoms with van der Waals surface area (Å²) in [5.74, 6) is -0.562. The largest absolute Gasteiger partial charge is 0.406 e. The first kappa shape index (κ1) is 15.3. The maximum Gasteiger partial charge on any atom is 0.406 e. The molecule has 0 aliphatic carbocycles. The lowest BCUT2D eigenvalue weighted by atomic mass is 9.96. The molecule has 0 radical (unpaired) electrons. The highest BCUT2D eigenvalue weighted by molar-refractivity contribution is 5.79. The zero-order valence-corrected chi connectivity index (χ0v) is 10.9. The Morgan fingerprint density at radius 1 is 1.33 bits per heavy atom. The number of hydrogen-bond donors (Lipinski definition) is 1. The molecule has 106 valence electrons. The minimum atomic E-state index is -4.32. The molecule has 1 saturated heterocycles. The molecular formula is C12H21F3N2O. The molecule has 1 amide bonds. The summed E-state index contributed by atoms with van der Waals surface area (Å²) in [6.45, 7) is 4.09. The Labute approximate surface area is 106 Å². The topological polar surface area (TPSA) is 32.3 Å². The van der Waals surface area contributed by atoms with E-state index in [0.717, 1.165) is 4.90 Å². The van der Waals surface area contributed by atoms with Crippen LogP contribution in [0.4, 0.5) is 13.2 Å². The third-order valence-corrected chi connectivity index (χ3v) is 2.96. The fraction of sp³-hybridized carbons (Fsp3) is 0.917. The standard InChI is InChI=1S/C12H21F3N2O/c1-9(2)7-17(8-12(13,14)15)11(18)10-3-5-16-6-4-10/h9-10,16H,3-8H2,1-2H3. The van der Waals surface area contributed by atoms with Crippen LogP contribution in [0.25, 0.3) is 0 Å². The molecule has 0 aromatic rings. The number of rotatable bonds is 4. The SMILES string of the molecule is CC(C)CN(CC(F)(F)F)C(=O)C1CCNCC1. The van der Waals surface area contributed by atoms with Crippen LogP contribution in [0.3, 0.4) is 0 Å². The maximum atomic E-state index is 12.5. The van der Waals surface area contributed by atoms with Gasteiger partial charge in [-0.05, 0) is 31.8 Å². The van der Waals surface area contributed by atoms with Gasteiger partial charge in [0.15, 0.2) is 0 Å². The molecule has 0 spiro atoms. The summed E-state index contributed by atoms with van der Waals surface area (Å²) in [5, 5.41) is 3.10. The van der Waals surface area contributed by atoms with E-state index in [9.17, 15) is 18.0 Å². The number of nitrogens with one attached hydrogen (secondary N) is 1. The minimum absolute atomic E-state index is 0.0398. The summed E-state index contributed by atoms with van der Waals surface area (Å²) >= 11 is 0. The normalized spacial score (nSPS) is 18.1. The summed E-state index contributed by atoms with van der Waals surface area (Å²) in [7, 11) is 0. The Morgan fingerprint density at radius 3 is 2.33 bits per heavy atom. The first-order chi connectivity index (χ1) is 8.29. The van der Waals surface area contributed by atoms with Crippen LogP contribution in [0.1, 0.15) is 26.7 Å². The van der Waals surface area contributed by atoms with E-state index in [1.165, 1.54) is 0 Å². The molecule has 0 aromatic heterocycles. The molecule has 0 bridgehead atoms. The van der Waals surface area contributed by atoms with Gasteiger partial charge in [0.25, 0.3) is 0 Å². The lowest BCUT2D eigenvalue weighted by Crippen LogP contribution is -2.46. The average Bonchev–Trinajstić information content (AvgIpc) is 2.26. The average molecular weight is 266 g/mol. The highest BCUT2D eigenvalue weighted by Gasteiger charge is 2.35. The molecule has 3 nitrogen and oxygen atoms in total. The van der Waals surface area contributed by atoms with Crippen molar-refractivity contribution in [1.82, 2.24) is 10.2 Å². The second kappa shape index (κ2) is 6.41. The van der Waals surface area contributed by atoms with Crippen LogP contribution in [0, 0.1) is 11.8 Å². The van der Waals surface area contributed by atoms with E-state index in [1.54, 1.807) is 0 Å². The van der Waals surface area contributed by atoms with Crippen LogP contribution in [0.15, 0.2) is 0 Å². The van der Waals surface area contributed by atoms with Crippen molar-refractivity contribution in [3.05, 3.63) is 0 Å². The maximum absolute atomic E-state index is 12.5. The molecule has 1 N–H and O–H groups in total. The van der Waals surface area contributed by atoms with Crippen LogP contribution >= 0.6 is 0 Å². The summed E-state index contributed by atoms with van der Waals surface area (Å²) in [5.41, 5.74) is 0. The summed E-state index contributed by atoms with van der Waals surface area (Å²) < 4.78 is 37.4. The molecule has 1 rings (SSSR count). The fourth-order valence-electron chi connectivity index (χ4n) is 2.22. The number of amides is 1. The molecule has 6 heteroatoms. The monoisotopic (exact) mass is 266 g/mol. The minimum Gasteiger partial charge on any atom is -0.333 e. The molecule has 1 fully saturated rings. The second-order valence-corrected chi connectivity index (χ2v) is 5.25. The Kier molecular flexibility index (Phi) is 5.44. The van der Waals surface area contributed by atoms with E-state index < -0.39 is 12.7 Å². The first-order valence-corrected chi connectivity index (χ1v) is 6.36. The van der Waals surface area contributed by atoms with E-state index in [1.807, 2.05) is 13.8 Å². The van der Waals surface area contributed by atoms with Crippen LogP contribution in [0.5, 0.6) is 0 Å². The van der Waals surface area contributed by atoms with E-state index in [4.69, 9.17) is 0 Å². The van der Waals surface area contributed by atoms with Gasteiger partial charge in [0.2, 0.25) is 5.91 Å². The highest BCUT2D eigenvalue weighted by atomic mass is 19.4. The Balaban J connectivity index is 2.65. The number of hydrogen-bond acceptors (Lipinski definition) is 2. The summed E-state index contributed by atoms with van der Waals surface area (Å²) in [6, 6.07) is 0. The number of nitrogens with zero attached hydrogens (tertiary/aromatic N) is 1. The van der Waals surface area contributed by atoms with Crippen molar-refractivity contribution in [2.45, 2.75) is 32.9 Å². The molecule has 18 heavy (non-hydrogen) atoms. The van der Waals surface area contributed by atoms with Crippen molar-refractivity contribution < 1.29 is 18.0 Å². The van der Waals surface area contributed by atoms with Gasteiger partial charge < -0.3 is 10.2 Å². The van der Waals surface area contributed by atoms with Gasteiger partial charge in [-0.2, -0.15) is 13.2 Å². The third kappa shape index (κ3) is 5.25. The van der Waals surface area contributed by atoms with Gasteiger partial charge in [-0.1, -0.05) is 13.8 Å². The molecule has 0 saturated carbocycles. The van der Waals surface area contributed by atoms with Crippen LogP contribution in [-0.2, 0) is 4.79 Å². The first-order valence-electron chi connectivity index (χ1n) is 6.36. The van der Waals surface area contributed by atoms with Gasteiger partial charge in [-0.15, -0.1) is 0 Å². The molecule has 1 aliphatic heterocycles.